The predicted octanol–water partition coefficient (Wildman–Crippen LogP) is 3.96. The molecule has 0 atom stereocenters. The van der Waals surface area contributed by atoms with Gasteiger partial charge in [0.25, 0.3) is 0 Å². The first-order valence-corrected chi connectivity index (χ1v) is 7.72. The van der Waals surface area contributed by atoms with Crippen molar-refractivity contribution >= 4 is 29.0 Å². The first-order valence-electron chi connectivity index (χ1n) is 7.34. The number of ketones is 1. The largest absolute Gasteiger partial charge is 0.497 e. The first-order chi connectivity index (χ1) is 11.5. The zero-order valence-corrected chi connectivity index (χ0v) is 14.2. The number of anilines is 1. The minimum Gasteiger partial charge on any atom is -0.497 e. The molecule has 2 rings (SSSR count). The number of amides is 1. The highest BCUT2D eigenvalue weighted by Crippen LogP contribution is 2.24. The fraction of sp³-hybridized carbons (Fsp3) is 0.222. The van der Waals surface area contributed by atoms with E-state index in [2.05, 4.69) is 5.32 Å². The highest BCUT2D eigenvalue weighted by atomic mass is 35.5. The molecule has 0 bridgehead atoms. The van der Waals surface area contributed by atoms with Crippen molar-refractivity contribution in [2.24, 2.45) is 0 Å². The molecule has 0 radical (unpaired) electrons. The predicted molar refractivity (Wildman–Crippen MR) is 93.2 cm³/mol. The van der Waals surface area contributed by atoms with Gasteiger partial charge in [-0.1, -0.05) is 11.6 Å². The van der Waals surface area contributed by atoms with E-state index in [0.29, 0.717) is 27.8 Å². The Hall–Kier alpha value is -2.53. The van der Waals surface area contributed by atoms with Gasteiger partial charge in [-0.15, -0.1) is 0 Å². The molecule has 0 aliphatic carbocycles. The molecule has 126 valence electrons. The number of halogens is 1. The highest BCUT2D eigenvalue weighted by Gasteiger charge is 2.14. The molecule has 2 aromatic rings. The first kappa shape index (κ1) is 17.8. The summed E-state index contributed by atoms with van der Waals surface area (Å²) in [6, 6.07) is 11.8. The van der Waals surface area contributed by atoms with Crippen molar-refractivity contribution < 1.29 is 19.1 Å². The van der Waals surface area contributed by atoms with Crippen LogP contribution in [0.4, 0.5) is 5.69 Å². The van der Waals surface area contributed by atoms with Crippen molar-refractivity contribution in [1.29, 1.82) is 0 Å². The Morgan fingerprint density at radius 3 is 2.33 bits per heavy atom. The van der Waals surface area contributed by atoms with E-state index in [-0.39, 0.29) is 24.5 Å². The molecule has 0 spiro atoms. The third-order valence-corrected chi connectivity index (χ3v) is 3.65. The van der Waals surface area contributed by atoms with E-state index in [1.807, 2.05) is 0 Å². The van der Waals surface area contributed by atoms with Crippen LogP contribution in [0.2, 0.25) is 5.02 Å². The van der Waals surface area contributed by atoms with Crippen LogP contribution < -0.4 is 14.8 Å². The van der Waals surface area contributed by atoms with Crippen molar-refractivity contribution in [1.82, 2.24) is 0 Å². The Morgan fingerprint density at radius 2 is 1.71 bits per heavy atom. The van der Waals surface area contributed by atoms with Crippen molar-refractivity contribution in [3.63, 3.8) is 0 Å². The topological polar surface area (TPSA) is 64.6 Å². The molecule has 6 heteroatoms. The highest BCUT2D eigenvalue weighted by molar-refractivity contribution is 6.31. The van der Waals surface area contributed by atoms with Gasteiger partial charge in [0.2, 0.25) is 5.91 Å². The summed E-state index contributed by atoms with van der Waals surface area (Å²) in [5.74, 6) is 0.713. The number of methoxy groups -OCH3 is 2. The van der Waals surface area contributed by atoms with E-state index in [1.165, 1.54) is 7.11 Å². The summed E-state index contributed by atoms with van der Waals surface area (Å²) in [5, 5.41) is 3.18. The maximum Gasteiger partial charge on any atom is 0.224 e. The Kier molecular flexibility index (Phi) is 6.21. The monoisotopic (exact) mass is 347 g/mol. The SMILES string of the molecule is COc1ccc(NC(=O)CCC(=O)c2cc(Cl)ccc2OC)cc1. The van der Waals surface area contributed by atoms with Crippen LogP contribution >= 0.6 is 11.6 Å². The van der Waals surface area contributed by atoms with E-state index in [9.17, 15) is 9.59 Å². The molecule has 0 saturated heterocycles. The van der Waals surface area contributed by atoms with Crippen molar-refractivity contribution in [2.45, 2.75) is 12.8 Å². The molecular formula is C18H18ClNO4. The van der Waals surface area contributed by atoms with Crippen LogP contribution in [0.25, 0.3) is 0 Å². The van der Waals surface area contributed by atoms with Crippen LogP contribution in [0.15, 0.2) is 42.5 Å². The number of benzene rings is 2. The Bertz CT molecular complexity index is 728. The summed E-state index contributed by atoms with van der Waals surface area (Å²) in [6.07, 6.45) is 0.138. The zero-order chi connectivity index (χ0) is 17.5. The van der Waals surface area contributed by atoms with Gasteiger partial charge in [0.1, 0.15) is 11.5 Å². The smallest absolute Gasteiger partial charge is 0.224 e. The molecule has 0 saturated carbocycles. The van der Waals surface area contributed by atoms with Crippen LogP contribution in [-0.4, -0.2) is 25.9 Å². The van der Waals surface area contributed by atoms with Gasteiger partial charge < -0.3 is 14.8 Å². The normalized spacial score (nSPS) is 10.1. The molecule has 0 heterocycles. The van der Waals surface area contributed by atoms with Crippen molar-refractivity contribution in [3.05, 3.63) is 53.1 Å². The maximum atomic E-state index is 12.3. The van der Waals surface area contributed by atoms with Gasteiger partial charge in [-0.05, 0) is 42.5 Å². The average molecular weight is 348 g/mol. The second-order valence-corrected chi connectivity index (χ2v) is 5.48. The molecule has 24 heavy (non-hydrogen) atoms. The van der Waals surface area contributed by atoms with Crippen molar-refractivity contribution in [2.75, 3.05) is 19.5 Å². The lowest BCUT2D eigenvalue weighted by molar-refractivity contribution is -0.116. The van der Waals surface area contributed by atoms with Gasteiger partial charge in [-0.3, -0.25) is 9.59 Å². The third kappa shape index (κ3) is 4.73. The zero-order valence-electron chi connectivity index (χ0n) is 13.5. The maximum absolute atomic E-state index is 12.3. The second-order valence-electron chi connectivity index (χ2n) is 5.04. The summed E-state index contributed by atoms with van der Waals surface area (Å²) >= 11 is 5.92. The quantitative estimate of drug-likeness (QED) is 0.770. The molecule has 5 nitrogen and oxygen atoms in total. The van der Waals surface area contributed by atoms with Crippen LogP contribution in [-0.2, 0) is 4.79 Å². The number of carbonyl (C=O) groups is 2. The fourth-order valence-electron chi connectivity index (χ4n) is 2.16. The molecule has 2 aromatic carbocycles. The van der Waals surface area contributed by atoms with E-state index >= 15 is 0 Å². The van der Waals surface area contributed by atoms with Gasteiger partial charge >= 0.3 is 0 Å². The van der Waals surface area contributed by atoms with Crippen LogP contribution in [0.1, 0.15) is 23.2 Å². The summed E-state index contributed by atoms with van der Waals surface area (Å²) in [6.45, 7) is 0. The van der Waals surface area contributed by atoms with Crippen LogP contribution in [0, 0.1) is 0 Å². The number of rotatable bonds is 7. The van der Waals surface area contributed by atoms with E-state index < -0.39 is 0 Å². The number of ether oxygens (including phenoxy) is 2. The second kappa shape index (κ2) is 8.36. The summed E-state index contributed by atoms with van der Waals surface area (Å²) in [7, 11) is 3.06. The van der Waals surface area contributed by atoms with E-state index in [0.717, 1.165) is 0 Å². The summed E-state index contributed by atoms with van der Waals surface area (Å²) in [4.78, 5) is 24.3. The standard InChI is InChI=1S/C18H18ClNO4/c1-23-14-6-4-13(5-7-14)20-18(22)10-8-16(21)15-11-12(19)3-9-17(15)24-2/h3-7,9,11H,8,10H2,1-2H3,(H,20,22). The number of carbonyl (C=O) groups excluding carboxylic acids is 2. The molecule has 0 fully saturated rings. The van der Waals surface area contributed by atoms with Crippen LogP contribution in [0.5, 0.6) is 11.5 Å². The molecule has 0 aromatic heterocycles. The number of hydrogen-bond donors (Lipinski definition) is 1. The fourth-order valence-corrected chi connectivity index (χ4v) is 2.33. The third-order valence-electron chi connectivity index (χ3n) is 3.41. The Labute approximate surface area is 145 Å². The van der Waals surface area contributed by atoms with Gasteiger partial charge in [-0.2, -0.15) is 0 Å². The summed E-state index contributed by atoms with van der Waals surface area (Å²) in [5.41, 5.74) is 1.02. The molecular weight excluding hydrogens is 330 g/mol. The lowest BCUT2D eigenvalue weighted by Crippen LogP contribution is -2.13. The van der Waals surface area contributed by atoms with Crippen molar-refractivity contribution in [3.8, 4) is 11.5 Å². The minimum absolute atomic E-state index is 0.0681. The van der Waals surface area contributed by atoms with Gasteiger partial charge in [0.15, 0.2) is 5.78 Å². The Balaban J connectivity index is 1.93. The van der Waals surface area contributed by atoms with Gasteiger partial charge in [0, 0.05) is 23.6 Å². The van der Waals surface area contributed by atoms with Crippen LogP contribution in [0.3, 0.4) is 0 Å². The molecule has 1 amide bonds. The lowest BCUT2D eigenvalue weighted by Gasteiger charge is -2.09. The molecule has 0 aliphatic heterocycles. The Morgan fingerprint density at radius 1 is 1.00 bits per heavy atom. The number of Topliss-reactive ketones (excluding diaryl/α,β-unsaturated/α-hetero) is 1. The molecule has 0 unspecified atom stereocenters. The van der Waals surface area contributed by atoms with E-state index in [4.69, 9.17) is 21.1 Å². The summed E-state index contributed by atoms with van der Waals surface area (Å²) < 4.78 is 10.2. The number of hydrogen-bond acceptors (Lipinski definition) is 4. The average Bonchev–Trinajstić information content (AvgIpc) is 2.60. The van der Waals surface area contributed by atoms with E-state index in [1.54, 1.807) is 49.6 Å². The lowest BCUT2D eigenvalue weighted by atomic mass is 10.1. The minimum atomic E-state index is -0.241. The molecule has 1 N–H and O–H groups in total. The van der Waals surface area contributed by atoms with Gasteiger partial charge in [-0.25, -0.2) is 0 Å². The number of nitrogens with one attached hydrogen (secondary N) is 1. The van der Waals surface area contributed by atoms with Gasteiger partial charge in [0.05, 0.1) is 19.8 Å². The molecule has 0 aliphatic rings.